The first kappa shape index (κ1) is 30.4. The van der Waals surface area contributed by atoms with Crippen LogP contribution < -0.4 is 0 Å². The molecule has 234 valence electrons. The summed E-state index contributed by atoms with van der Waals surface area (Å²) in [4.78, 5) is 31.8. The number of nitrogens with zero attached hydrogens (tertiary/aromatic N) is 1. The second-order valence-electron chi connectivity index (χ2n) is 13.5. The number of hydrogen-bond acceptors (Lipinski definition) is 6. The van der Waals surface area contributed by atoms with Crippen LogP contribution in [0.25, 0.3) is 10.1 Å². The summed E-state index contributed by atoms with van der Waals surface area (Å²) < 4.78 is 7.59. The van der Waals surface area contributed by atoms with E-state index in [4.69, 9.17) is 4.74 Å². The van der Waals surface area contributed by atoms with E-state index in [0.29, 0.717) is 25.9 Å². The minimum Gasteiger partial charge on any atom is -0.440 e. The highest BCUT2D eigenvalue weighted by atomic mass is 32.1. The zero-order valence-corrected chi connectivity index (χ0v) is 27.7. The molecular weight excluding hydrogens is 599 g/mol. The van der Waals surface area contributed by atoms with Crippen molar-refractivity contribution in [3.05, 3.63) is 104 Å². The van der Waals surface area contributed by atoms with Crippen molar-refractivity contribution in [1.29, 1.82) is 0 Å². The van der Waals surface area contributed by atoms with Crippen LogP contribution in [-0.2, 0) is 17.6 Å². The highest BCUT2D eigenvalue weighted by Crippen LogP contribution is 2.61. The Balaban J connectivity index is 1.29. The maximum Gasteiger partial charge on any atom is 0.410 e. The Morgan fingerprint density at radius 1 is 1.09 bits per heavy atom. The number of benzene rings is 2. The van der Waals surface area contributed by atoms with Crippen LogP contribution in [0.1, 0.15) is 89.5 Å². The van der Waals surface area contributed by atoms with Crippen molar-refractivity contribution in [2.24, 2.45) is 5.41 Å². The summed E-state index contributed by atoms with van der Waals surface area (Å²) >= 11 is 3.26. The lowest BCUT2D eigenvalue weighted by atomic mass is 9.65. The molecule has 7 heteroatoms. The lowest BCUT2D eigenvalue weighted by Crippen LogP contribution is -2.48. The van der Waals surface area contributed by atoms with E-state index in [2.05, 4.69) is 61.7 Å². The molecule has 1 amide bonds. The van der Waals surface area contributed by atoms with Crippen molar-refractivity contribution < 1.29 is 19.4 Å². The molecule has 3 aliphatic carbocycles. The molecule has 1 aliphatic heterocycles. The SMILES string of the molecule is CC1=CCC[C@@]2(C)[C@@H](CC[C@@]23CN(CCc2cccs2)C(=O)O3)c2ccc(cc2C(=O)c2cc3ccccc3s2)C[C@@H](O)CC1. The van der Waals surface area contributed by atoms with Gasteiger partial charge in [0.25, 0.3) is 0 Å². The number of amides is 1. The second kappa shape index (κ2) is 12.2. The Kier molecular flexibility index (Phi) is 8.21. The fourth-order valence-electron chi connectivity index (χ4n) is 8.08. The van der Waals surface area contributed by atoms with Crippen LogP contribution in [-0.4, -0.2) is 46.7 Å². The predicted molar refractivity (Wildman–Crippen MR) is 183 cm³/mol. The number of fused-ring (bicyclic) bond motifs is 9. The van der Waals surface area contributed by atoms with Gasteiger partial charge in [-0.1, -0.05) is 55.0 Å². The molecule has 3 heterocycles. The van der Waals surface area contributed by atoms with E-state index >= 15 is 0 Å². The van der Waals surface area contributed by atoms with Gasteiger partial charge in [0.05, 0.1) is 17.5 Å². The van der Waals surface area contributed by atoms with Crippen LogP contribution in [0.2, 0.25) is 0 Å². The average Bonchev–Trinajstić information content (AvgIpc) is 3.82. The molecule has 4 aromatic rings. The van der Waals surface area contributed by atoms with Crippen molar-refractivity contribution in [2.75, 3.05) is 13.1 Å². The highest BCUT2D eigenvalue weighted by Gasteiger charge is 2.63. The standard InChI is InChI=1S/C38H41NO4S2/c1-25-7-5-17-37(2)32(15-18-38(37)24-39(36(42)43-38)19-16-29-9-6-20-44-29)30-14-12-26(21-28(40)13-11-25)22-31(30)35(41)34-23-27-8-3-4-10-33(27)45-34/h3-4,6-10,12,14,20,22-23,28,32,40H,5,11,13,15-19,21,24H2,1-2H3/t28-,32-,37-,38+/m0/s1. The summed E-state index contributed by atoms with van der Waals surface area (Å²) in [5.74, 6) is 0.0844. The van der Waals surface area contributed by atoms with Gasteiger partial charge in [0.1, 0.15) is 5.60 Å². The molecule has 4 aliphatic rings. The number of allylic oxidation sites excluding steroid dienone is 2. The molecular formula is C38H41NO4S2. The average molecular weight is 640 g/mol. The van der Waals surface area contributed by atoms with Crippen LogP contribution in [0.4, 0.5) is 4.79 Å². The zero-order valence-electron chi connectivity index (χ0n) is 26.1. The number of rotatable bonds is 5. The van der Waals surface area contributed by atoms with Gasteiger partial charge in [-0.2, -0.15) is 0 Å². The van der Waals surface area contributed by atoms with Crippen LogP contribution in [0.15, 0.2) is 77.7 Å². The Bertz CT molecular complexity index is 1720. The number of aliphatic hydroxyl groups excluding tert-OH is 1. The third kappa shape index (κ3) is 5.68. The molecule has 1 saturated carbocycles. The van der Waals surface area contributed by atoms with E-state index in [1.165, 1.54) is 10.5 Å². The fourth-order valence-corrected chi connectivity index (χ4v) is 9.80. The summed E-state index contributed by atoms with van der Waals surface area (Å²) in [6, 6.07) is 20.6. The normalized spacial score (nSPS) is 27.0. The van der Waals surface area contributed by atoms with Gasteiger partial charge in [0.15, 0.2) is 0 Å². The monoisotopic (exact) mass is 639 g/mol. The maximum atomic E-state index is 14.4. The molecule has 2 aromatic heterocycles. The van der Waals surface area contributed by atoms with Gasteiger partial charge >= 0.3 is 6.09 Å². The molecule has 0 unspecified atom stereocenters. The Morgan fingerprint density at radius 2 is 1.96 bits per heavy atom. The molecule has 8 rings (SSSR count). The Labute approximate surface area is 273 Å². The van der Waals surface area contributed by atoms with E-state index in [-0.39, 0.29) is 23.2 Å². The first-order chi connectivity index (χ1) is 21.7. The van der Waals surface area contributed by atoms with Crippen molar-refractivity contribution in [3.8, 4) is 0 Å². The summed E-state index contributed by atoms with van der Waals surface area (Å²) in [5.41, 5.74) is 3.06. The summed E-state index contributed by atoms with van der Waals surface area (Å²) in [5, 5.41) is 14.1. The van der Waals surface area contributed by atoms with Crippen LogP contribution >= 0.6 is 22.7 Å². The third-order valence-electron chi connectivity index (χ3n) is 10.7. The smallest absolute Gasteiger partial charge is 0.410 e. The summed E-state index contributed by atoms with van der Waals surface area (Å²) in [6.07, 6.45) is 7.82. The van der Waals surface area contributed by atoms with E-state index in [1.54, 1.807) is 22.7 Å². The molecule has 45 heavy (non-hydrogen) atoms. The number of carbonyl (C=O) groups is 2. The number of hydrogen-bond donors (Lipinski definition) is 1. The van der Waals surface area contributed by atoms with Crippen molar-refractivity contribution >= 4 is 44.6 Å². The molecule has 2 bridgehead atoms. The third-order valence-corrected chi connectivity index (χ3v) is 12.8. The van der Waals surface area contributed by atoms with E-state index in [9.17, 15) is 14.7 Å². The van der Waals surface area contributed by atoms with Gasteiger partial charge < -0.3 is 14.7 Å². The van der Waals surface area contributed by atoms with Crippen LogP contribution in [0.3, 0.4) is 0 Å². The lowest BCUT2D eigenvalue weighted by molar-refractivity contribution is -0.0372. The van der Waals surface area contributed by atoms with Crippen molar-refractivity contribution in [3.63, 3.8) is 0 Å². The van der Waals surface area contributed by atoms with Gasteiger partial charge in [-0.05, 0) is 110 Å². The lowest BCUT2D eigenvalue weighted by Gasteiger charge is -2.43. The number of ether oxygens (including phenoxy) is 1. The van der Waals surface area contributed by atoms with Crippen molar-refractivity contribution in [1.82, 2.24) is 4.90 Å². The minimum atomic E-state index is -0.615. The molecule has 2 fully saturated rings. The molecule has 4 atom stereocenters. The van der Waals surface area contributed by atoms with Crippen LogP contribution in [0, 0.1) is 5.41 Å². The van der Waals surface area contributed by atoms with Gasteiger partial charge in [-0.15, -0.1) is 22.7 Å². The van der Waals surface area contributed by atoms with Gasteiger partial charge in [-0.3, -0.25) is 4.79 Å². The number of carbonyl (C=O) groups excluding carboxylic acids is 2. The van der Waals surface area contributed by atoms with E-state index in [1.807, 2.05) is 29.2 Å². The summed E-state index contributed by atoms with van der Waals surface area (Å²) in [7, 11) is 0. The molecule has 5 nitrogen and oxygen atoms in total. The first-order valence-corrected chi connectivity index (χ1v) is 17.9. The van der Waals surface area contributed by atoms with Gasteiger partial charge in [-0.25, -0.2) is 4.79 Å². The van der Waals surface area contributed by atoms with Gasteiger partial charge in [0.2, 0.25) is 5.78 Å². The first-order valence-electron chi connectivity index (χ1n) is 16.2. The fraction of sp³-hybridized carbons (Fsp3) is 0.421. The molecule has 1 spiro atoms. The predicted octanol–water partition coefficient (Wildman–Crippen LogP) is 8.93. The van der Waals surface area contributed by atoms with E-state index in [0.717, 1.165) is 70.2 Å². The van der Waals surface area contributed by atoms with Gasteiger partial charge in [0, 0.05) is 27.1 Å². The molecule has 0 radical (unpaired) electrons. The zero-order chi connectivity index (χ0) is 31.2. The largest absolute Gasteiger partial charge is 0.440 e. The topological polar surface area (TPSA) is 66.8 Å². The number of aliphatic hydroxyl groups is 1. The summed E-state index contributed by atoms with van der Waals surface area (Å²) in [6.45, 7) is 5.69. The number of thiophene rings is 2. The Hall–Kier alpha value is -3.26. The van der Waals surface area contributed by atoms with E-state index < -0.39 is 11.7 Å². The number of ketones is 1. The minimum absolute atomic E-state index is 0.0367. The molecule has 1 saturated heterocycles. The second-order valence-corrected chi connectivity index (χ2v) is 15.6. The molecule has 2 aromatic carbocycles. The Morgan fingerprint density at radius 3 is 2.78 bits per heavy atom. The quantitative estimate of drug-likeness (QED) is 0.175. The maximum absolute atomic E-state index is 14.4. The van der Waals surface area contributed by atoms with Crippen molar-refractivity contribution in [2.45, 2.75) is 82.8 Å². The molecule has 1 N–H and O–H groups in total. The highest BCUT2D eigenvalue weighted by molar-refractivity contribution is 7.21. The van der Waals surface area contributed by atoms with Crippen LogP contribution in [0.5, 0.6) is 0 Å².